The summed E-state index contributed by atoms with van der Waals surface area (Å²) >= 11 is 0. The van der Waals surface area contributed by atoms with Crippen LogP contribution in [0.2, 0.25) is 0 Å². The Hall–Kier alpha value is -3.65. The fourth-order valence-electron chi connectivity index (χ4n) is 5.83. The van der Waals surface area contributed by atoms with Gasteiger partial charge < -0.3 is 28.9 Å². The molecule has 0 unspecified atom stereocenters. The fourth-order valence-corrected chi connectivity index (χ4v) is 5.83. The largest absolute Gasteiger partial charge is 0.396 e. The molecule has 13 heteroatoms. The van der Waals surface area contributed by atoms with Gasteiger partial charge in [0.1, 0.15) is 5.82 Å². The number of aliphatic hydroxyl groups excluding tert-OH is 1. The van der Waals surface area contributed by atoms with Crippen molar-refractivity contribution in [2.75, 3.05) is 77.2 Å². The number of para-hydroxylation sites is 2. The van der Waals surface area contributed by atoms with Crippen molar-refractivity contribution < 1.29 is 19.4 Å². The number of rotatable bonds is 6. The van der Waals surface area contributed by atoms with E-state index in [0.29, 0.717) is 86.4 Å². The molecule has 6 heterocycles. The third-order valence-electron chi connectivity index (χ3n) is 8.07. The first-order valence-electron chi connectivity index (χ1n) is 13.9. The Kier molecular flexibility index (Phi) is 6.58. The number of anilines is 1. The molecule has 0 saturated carbocycles. The zero-order chi connectivity index (χ0) is 27.2. The van der Waals surface area contributed by atoms with Gasteiger partial charge in [-0.2, -0.15) is 9.97 Å². The van der Waals surface area contributed by atoms with Crippen LogP contribution in [0.25, 0.3) is 28.1 Å². The van der Waals surface area contributed by atoms with Gasteiger partial charge in [0.2, 0.25) is 11.8 Å². The zero-order valence-corrected chi connectivity index (χ0v) is 22.6. The minimum atomic E-state index is -0.103. The van der Waals surface area contributed by atoms with Crippen LogP contribution in [0, 0.1) is 0 Å². The number of amides is 1. The number of imidazole rings is 2. The summed E-state index contributed by atoms with van der Waals surface area (Å²) in [6.45, 7) is 7.09. The summed E-state index contributed by atoms with van der Waals surface area (Å²) in [7, 11) is 1.84. The molecule has 3 saturated heterocycles. The van der Waals surface area contributed by atoms with Gasteiger partial charge >= 0.3 is 0 Å². The number of morpholine rings is 2. The highest BCUT2D eigenvalue weighted by molar-refractivity contribution is 5.97. The number of likely N-dealkylation sites (tertiary alicyclic amines) is 1. The molecule has 1 amide bonds. The second-order valence-electron chi connectivity index (χ2n) is 10.5. The van der Waals surface area contributed by atoms with Crippen molar-refractivity contribution in [2.24, 2.45) is 7.05 Å². The molecule has 13 nitrogen and oxygen atoms in total. The maximum Gasteiger partial charge on any atom is 0.290 e. The quantitative estimate of drug-likeness (QED) is 0.358. The molecule has 3 fully saturated rings. The zero-order valence-electron chi connectivity index (χ0n) is 22.6. The van der Waals surface area contributed by atoms with Gasteiger partial charge in [0.15, 0.2) is 17.0 Å². The number of aromatic nitrogens is 6. The molecular formula is C27H33N9O4. The summed E-state index contributed by atoms with van der Waals surface area (Å²) in [6.07, 6.45) is 0.358. The van der Waals surface area contributed by atoms with Crippen molar-refractivity contribution in [3.8, 4) is 5.95 Å². The van der Waals surface area contributed by atoms with Crippen LogP contribution in [0.1, 0.15) is 16.4 Å². The van der Waals surface area contributed by atoms with Gasteiger partial charge in [-0.1, -0.05) is 12.1 Å². The molecule has 4 aromatic rings. The normalized spacial score (nSPS) is 19.1. The fraction of sp³-hybridized carbons (Fsp3) is 0.519. The van der Waals surface area contributed by atoms with Gasteiger partial charge in [0.25, 0.3) is 5.91 Å². The Morgan fingerprint density at radius 2 is 1.70 bits per heavy atom. The molecule has 1 aromatic carbocycles. The standard InChI is InChI=1S/C27H33N9O4/c1-32-23-22(29-25(32)26(38)35-16-18(17-35)33-7-12-39-13-8-33)24(34-9-14-40-15-10-34)31-27(30-23)36-20-5-3-2-4-19(20)28-21(36)6-11-37/h2-5,18,37H,6-17H2,1H3. The first-order valence-corrected chi connectivity index (χ1v) is 13.9. The van der Waals surface area contributed by atoms with Crippen LogP contribution in [-0.4, -0.2) is 128 Å². The van der Waals surface area contributed by atoms with Crippen molar-refractivity contribution in [3.05, 3.63) is 35.9 Å². The predicted molar refractivity (Wildman–Crippen MR) is 147 cm³/mol. The Morgan fingerprint density at radius 3 is 2.45 bits per heavy atom. The SMILES string of the molecule is Cn1c(C(=O)N2CC(N3CCOCC3)C2)nc2c(N3CCOCC3)nc(-n3c(CCO)nc4ccccc43)nc21. The Bertz CT molecular complexity index is 1550. The average molecular weight is 548 g/mol. The minimum Gasteiger partial charge on any atom is -0.396 e. The van der Waals surface area contributed by atoms with E-state index >= 15 is 0 Å². The number of carbonyl (C=O) groups is 1. The molecule has 0 spiro atoms. The van der Waals surface area contributed by atoms with Gasteiger partial charge in [-0.3, -0.25) is 14.3 Å². The Labute approximate surface area is 230 Å². The number of hydrogen-bond donors (Lipinski definition) is 1. The Balaban J connectivity index is 1.30. The maximum absolute atomic E-state index is 13.6. The summed E-state index contributed by atoms with van der Waals surface area (Å²) in [4.78, 5) is 39.6. The monoisotopic (exact) mass is 547 g/mol. The van der Waals surface area contributed by atoms with Gasteiger partial charge in [-0.25, -0.2) is 9.97 Å². The number of benzene rings is 1. The number of aliphatic hydroxyl groups is 1. The summed E-state index contributed by atoms with van der Waals surface area (Å²) in [6, 6.07) is 8.15. The summed E-state index contributed by atoms with van der Waals surface area (Å²) in [5.74, 6) is 2.02. The number of hydrogen-bond acceptors (Lipinski definition) is 10. The predicted octanol–water partition coefficient (Wildman–Crippen LogP) is 0.230. The second-order valence-corrected chi connectivity index (χ2v) is 10.5. The van der Waals surface area contributed by atoms with Gasteiger partial charge in [0.05, 0.1) is 44.1 Å². The van der Waals surface area contributed by atoms with E-state index in [9.17, 15) is 9.90 Å². The van der Waals surface area contributed by atoms with E-state index in [1.54, 1.807) is 4.57 Å². The van der Waals surface area contributed by atoms with Crippen LogP contribution in [0.4, 0.5) is 5.82 Å². The lowest BCUT2D eigenvalue weighted by atomic mass is 10.1. The highest BCUT2D eigenvalue weighted by Gasteiger charge is 2.38. The second kappa shape index (κ2) is 10.4. The number of ether oxygens (including phenoxy) is 2. The van der Waals surface area contributed by atoms with Gasteiger partial charge in [-0.05, 0) is 12.1 Å². The van der Waals surface area contributed by atoms with E-state index in [4.69, 9.17) is 29.4 Å². The molecule has 40 heavy (non-hydrogen) atoms. The van der Waals surface area contributed by atoms with Crippen LogP contribution in [0.3, 0.4) is 0 Å². The molecule has 1 N–H and O–H groups in total. The third-order valence-corrected chi connectivity index (χ3v) is 8.07. The molecule has 0 atom stereocenters. The van der Waals surface area contributed by atoms with Crippen LogP contribution in [0.5, 0.6) is 0 Å². The topological polar surface area (TPSA) is 127 Å². The third kappa shape index (κ3) is 4.29. The van der Waals surface area contributed by atoms with E-state index in [-0.39, 0.29) is 12.5 Å². The van der Waals surface area contributed by atoms with Crippen molar-refractivity contribution in [1.29, 1.82) is 0 Å². The van der Waals surface area contributed by atoms with Crippen molar-refractivity contribution >= 4 is 33.9 Å². The van der Waals surface area contributed by atoms with Crippen LogP contribution in [-0.2, 0) is 22.9 Å². The maximum atomic E-state index is 13.6. The molecule has 210 valence electrons. The Morgan fingerprint density at radius 1 is 0.975 bits per heavy atom. The van der Waals surface area contributed by atoms with Gasteiger partial charge in [-0.15, -0.1) is 0 Å². The number of aryl methyl sites for hydroxylation is 1. The van der Waals surface area contributed by atoms with Crippen molar-refractivity contribution in [1.82, 2.24) is 38.9 Å². The number of carbonyl (C=O) groups excluding carboxylic acids is 1. The van der Waals surface area contributed by atoms with Crippen molar-refractivity contribution in [3.63, 3.8) is 0 Å². The lowest BCUT2D eigenvalue weighted by molar-refractivity contribution is -0.0260. The number of nitrogens with zero attached hydrogens (tertiary/aromatic N) is 9. The smallest absolute Gasteiger partial charge is 0.290 e. The van der Waals surface area contributed by atoms with E-state index < -0.39 is 0 Å². The molecular weight excluding hydrogens is 514 g/mol. The molecule has 3 aliphatic heterocycles. The minimum absolute atomic E-state index is 0.0481. The first-order chi connectivity index (χ1) is 19.6. The molecule has 7 rings (SSSR count). The molecule has 3 aliphatic rings. The van der Waals surface area contributed by atoms with E-state index in [1.807, 2.05) is 40.8 Å². The van der Waals surface area contributed by atoms with E-state index in [0.717, 1.165) is 37.3 Å². The molecule has 0 bridgehead atoms. The molecule has 3 aromatic heterocycles. The summed E-state index contributed by atoms with van der Waals surface area (Å²) in [5.41, 5.74) is 2.82. The lowest BCUT2D eigenvalue weighted by Gasteiger charge is -2.46. The van der Waals surface area contributed by atoms with E-state index in [2.05, 4.69) is 9.80 Å². The summed E-state index contributed by atoms with van der Waals surface area (Å²) < 4.78 is 14.7. The lowest BCUT2D eigenvalue weighted by Crippen LogP contribution is -2.63. The molecule has 0 radical (unpaired) electrons. The van der Waals surface area contributed by atoms with Crippen LogP contribution < -0.4 is 4.90 Å². The van der Waals surface area contributed by atoms with E-state index in [1.165, 1.54) is 0 Å². The number of fused-ring (bicyclic) bond motifs is 2. The van der Waals surface area contributed by atoms with Crippen LogP contribution >= 0.6 is 0 Å². The summed E-state index contributed by atoms with van der Waals surface area (Å²) in [5, 5.41) is 9.76. The van der Waals surface area contributed by atoms with Crippen molar-refractivity contribution in [2.45, 2.75) is 12.5 Å². The highest BCUT2D eigenvalue weighted by atomic mass is 16.5. The average Bonchev–Trinajstić information content (AvgIpc) is 3.50. The first kappa shape index (κ1) is 25.3. The highest BCUT2D eigenvalue weighted by Crippen LogP contribution is 2.29. The van der Waals surface area contributed by atoms with Crippen LogP contribution in [0.15, 0.2) is 24.3 Å². The van der Waals surface area contributed by atoms with Gasteiger partial charge in [0, 0.05) is 58.8 Å². The molecule has 0 aliphatic carbocycles.